The van der Waals surface area contributed by atoms with E-state index in [9.17, 15) is 14.4 Å². The minimum atomic E-state index is -1.15. The molecule has 1 saturated heterocycles. The summed E-state index contributed by atoms with van der Waals surface area (Å²) in [6, 6.07) is 0. The maximum Gasteiger partial charge on any atom is 0.307 e. The predicted molar refractivity (Wildman–Crippen MR) is 77.9 cm³/mol. The van der Waals surface area contributed by atoms with E-state index in [4.69, 9.17) is 24.8 Å². The fraction of sp³-hybridized carbons (Fsp3) is 0.533. The van der Waals surface area contributed by atoms with E-state index in [1.807, 2.05) is 0 Å². The van der Waals surface area contributed by atoms with Gasteiger partial charge in [-0.3, -0.25) is 14.4 Å². The molecule has 8 heteroatoms. The molecule has 2 heterocycles. The Bertz CT molecular complexity index is 506. The molecular weight excluding hydrogens is 308 g/mol. The lowest BCUT2D eigenvalue weighted by Gasteiger charge is -2.20. The maximum atomic E-state index is 10.7. The first kappa shape index (κ1) is 18.7. The van der Waals surface area contributed by atoms with Crippen molar-refractivity contribution in [2.75, 3.05) is 19.8 Å². The summed E-state index contributed by atoms with van der Waals surface area (Å²) in [6.07, 6.45) is 2.56. The van der Waals surface area contributed by atoms with Crippen LogP contribution in [0.1, 0.15) is 32.1 Å². The maximum absolute atomic E-state index is 10.7. The molecule has 0 aromatic heterocycles. The van der Waals surface area contributed by atoms with E-state index in [0.29, 0.717) is 5.57 Å². The number of carboxylic acids is 3. The molecular formula is C15H20O8. The fourth-order valence-corrected chi connectivity index (χ4v) is 2.18. The molecule has 0 aliphatic carbocycles. The van der Waals surface area contributed by atoms with Crippen molar-refractivity contribution in [1.29, 1.82) is 0 Å². The molecule has 0 amide bonds. The van der Waals surface area contributed by atoms with Gasteiger partial charge in [-0.25, -0.2) is 0 Å². The molecule has 0 aromatic rings. The first-order valence-corrected chi connectivity index (χ1v) is 7.15. The van der Waals surface area contributed by atoms with Crippen molar-refractivity contribution in [2.45, 2.75) is 32.1 Å². The quantitative estimate of drug-likeness (QED) is 0.667. The third kappa shape index (κ3) is 7.46. The van der Waals surface area contributed by atoms with Crippen molar-refractivity contribution >= 4 is 17.9 Å². The van der Waals surface area contributed by atoms with Crippen LogP contribution in [0.5, 0.6) is 0 Å². The number of carboxylic acid groups (broad SMARTS) is 3. The van der Waals surface area contributed by atoms with Crippen LogP contribution in [0.15, 0.2) is 23.0 Å². The first-order valence-electron chi connectivity index (χ1n) is 7.15. The molecule has 8 nitrogen and oxygen atoms in total. The van der Waals surface area contributed by atoms with Gasteiger partial charge in [-0.1, -0.05) is 0 Å². The van der Waals surface area contributed by atoms with Gasteiger partial charge >= 0.3 is 17.9 Å². The van der Waals surface area contributed by atoms with Gasteiger partial charge in [0.1, 0.15) is 6.61 Å². The largest absolute Gasteiger partial charge is 0.497 e. The summed E-state index contributed by atoms with van der Waals surface area (Å²) in [6.45, 7) is 1.97. The number of rotatable bonds is 6. The predicted octanol–water partition coefficient (Wildman–Crippen LogP) is 1.42. The van der Waals surface area contributed by atoms with Gasteiger partial charge in [0.15, 0.2) is 0 Å². The van der Waals surface area contributed by atoms with E-state index in [2.05, 4.69) is 0 Å². The molecule has 2 aliphatic rings. The van der Waals surface area contributed by atoms with Crippen molar-refractivity contribution in [3.8, 4) is 0 Å². The van der Waals surface area contributed by atoms with Crippen LogP contribution in [0.4, 0.5) is 0 Å². The molecule has 0 saturated carbocycles. The highest BCUT2D eigenvalue weighted by atomic mass is 16.5. The molecule has 1 fully saturated rings. The lowest BCUT2D eigenvalue weighted by Crippen LogP contribution is -2.15. The lowest BCUT2D eigenvalue weighted by atomic mass is 9.93. The molecule has 128 valence electrons. The zero-order valence-electron chi connectivity index (χ0n) is 12.6. The minimum Gasteiger partial charge on any atom is -0.497 e. The second-order valence-electron chi connectivity index (χ2n) is 5.07. The van der Waals surface area contributed by atoms with Gasteiger partial charge in [-0.15, -0.1) is 0 Å². The van der Waals surface area contributed by atoms with Crippen molar-refractivity contribution in [3.63, 3.8) is 0 Å². The van der Waals surface area contributed by atoms with Crippen LogP contribution in [-0.2, 0) is 23.9 Å². The van der Waals surface area contributed by atoms with Gasteiger partial charge in [-0.2, -0.15) is 0 Å². The third-order valence-electron chi connectivity index (χ3n) is 3.16. The Morgan fingerprint density at radius 2 is 1.48 bits per heavy atom. The Hall–Kier alpha value is -2.35. The molecule has 2 rings (SSSR count). The van der Waals surface area contributed by atoms with E-state index >= 15 is 0 Å². The SMILES string of the molecule is C1CCOC1.O=C(O)CC1=COCC(CC(=O)O)=C1CC(=O)O. The summed E-state index contributed by atoms with van der Waals surface area (Å²) in [4.78, 5) is 32.0. The van der Waals surface area contributed by atoms with Gasteiger partial charge in [0.05, 0.1) is 25.5 Å². The van der Waals surface area contributed by atoms with E-state index in [0.717, 1.165) is 13.2 Å². The number of aliphatic carboxylic acids is 3. The summed E-state index contributed by atoms with van der Waals surface area (Å²) >= 11 is 0. The molecule has 23 heavy (non-hydrogen) atoms. The van der Waals surface area contributed by atoms with Gasteiger partial charge in [-0.05, 0) is 24.0 Å². The summed E-state index contributed by atoms with van der Waals surface area (Å²) in [5.41, 5.74) is 0.731. The molecule has 0 spiro atoms. The van der Waals surface area contributed by atoms with Crippen LogP contribution >= 0.6 is 0 Å². The van der Waals surface area contributed by atoms with Crippen molar-refractivity contribution < 1.29 is 39.2 Å². The number of hydrogen-bond acceptors (Lipinski definition) is 5. The Morgan fingerprint density at radius 1 is 0.913 bits per heavy atom. The minimum absolute atomic E-state index is 0.0297. The highest BCUT2D eigenvalue weighted by molar-refractivity contribution is 5.78. The van der Waals surface area contributed by atoms with Gasteiger partial charge < -0.3 is 24.8 Å². The molecule has 3 N–H and O–H groups in total. The van der Waals surface area contributed by atoms with E-state index < -0.39 is 30.7 Å². The smallest absolute Gasteiger partial charge is 0.307 e. The Kier molecular flexibility index (Phi) is 7.82. The zero-order chi connectivity index (χ0) is 17.2. The number of hydrogen-bond donors (Lipinski definition) is 3. The highest BCUT2D eigenvalue weighted by Crippen LogP contribution is 2.28. The van der Waals surface area contributed by atoms with Crippen LogP contribution in [0.3, 0.4) is 0 Å². The van der Waals surface area contributed by atoms with E-state index in [1.54, 1.807) is 0 Å². The lowest BCUT2D eigenvalue weighted by molar-refractivity contribution is -0.138. The Morgan fingerprint density at radius 3 is 1.91 bits per heavy atom. The zero-order valence-corrected chi connectivity index (χ0v) is 12.6. The third-order valence-corrected chi connectivity index (χ3v) is 3.16. The highest BCUT2D eigenvalue weighted by Gasteiger charge is 2.22. The topological polar surface area (TPSA) is 130 Å². The summed E-state index contributed by atoms with van der Waals surface area (Å²) < 4.78 is 9.91. The summed E-state index contributed by atoms with van der Waals surface area (Å²) in [5.74, 6) is -3.40. The van der Waals surface area contributed by atoms with Crippen LogP contribution in [-0.4, -0.2) is 53.0 Å². The van der Waals surface area contributed by atoms with Gasteiger partial charge in [0.2, 0.25) is 0 Å². The monoisotopic (exact) mass is 328 g/mol. The fourth-order valence-electron chi connectivity index (χ4n) is 2.18. The number of ether oxygens (including phenoxy) is 2. The Labute approximate surface area is 133 Å². The van der Waals surface area contributed by atoms with Gasteiger partial charge in [0.25, 0.3) is 0 Å². The molecule has 0 bridgehead atoms. The summed E-state index contributed by atoms with van der Waals surface area (Å²) in [7, 11) is 0. The van der Waals surface area contributed by atoms with Crippen LogP contribution in [0, 0.1) is 0 Å². The first-order chi connectivity index (χ1) is 10.9. The van der Waals surface area contributed by atoms with Crippen LogP contribution in [0.25, 0.3) is 0 Å². The standard InChI is InChI=1S/C11H12O7.C4H8O/c12-9(13)1-6-4-18-5-7(2-10(14)15)8(6)3-11(16)17;1-2-4-5-3-1/h4H,1-3,5H2,(H,12,13)(H,14,15)(H,16,17);1-4H2. The van der Waals surface area contributed by atoms with Crippen molar-refractivity contribution in [3.05, 3.63) is 23.0 Å². The van der Waals surface area contributed by atoms with E-state index in [1.165, 1.54) is 19.1 Å². The molecule has 0 aromatic carbocycles. The average molecular weight is 328 g/mol. The second-order valence-corrected chi connectivity index (χ2v) is 5.07. The molecule has 0 radical (unpaired) electrons. The average Bonchev–Trinajstić information content (AvgIpc) is 3.00. The molecule has 0 atom stereocenters. The van der Waals surface area contributed by atoms with Crippen molar-refractivity contribution in [1.82, 2.24) is 0 Å². The molecule has 0 unspecified atom stereocenters. The molecule has 2 aliphatic heterocycles. The second kappa shape index (κ2) is 9.62. The van der Waals surface area contributed by atoms with Crippen molar-refractivity contribution in [2.24, 2.45) is 0 Å². The van der Waals surface area contributed by atoms with E-state index in [-0.39, 0.29) is 24.2 Å². The number of carbonyl (C=O) groups is 3. The summed E-state index contributed by atoms with van der Waals surface area (Å²) in [5, 5.41) is 26.2. The van der Waals surface area contributed by atoms with Crippen LogP contribution < -0.4 is 0 Å². The normalized spacial score (nSPS) is 16.8. The van der Waals surface area contributed by atoms with Gasteiger partial charge in [0, 0.05) is 18.8 Å². The Balaban J connectivity index is 0.000000446. The van der Waals surface area contributed by atoms with Crippen LogP contribution in [0.2, 0.25) is 0 Å².